The monoisotopic (exact) mass is 330 g/mol. The van der Waals surface area contributed by atoms with Crippen LogP contribution in [0.1, 0.15) is 22.9 Å². The van der Waals surface area contributed by atoms with Crippen LogP contribution in [0.3, 0.4) is 0 Å². The fourth-order valence-corrected chi connectivity index (χ4v) is 2.27. The predicted octanol–water partition coefficient (Wildman–Crippen LogP) is 4.33. The van der Waals surface area contributed by atoms with Crippen LogP contribution in [0.2, 0.25) is 5.02 Å². The van der Waals surface area contributed by atoms with E-state index >= 15 is 0 Å². The zero-order chi connectivity index (χ0) is 16.2. The molecule has 0 unspecified atom stereocenters. The second-order valence-electron chi connectivity index (χ2n) is 4.88. The highest BCUT2D eigenvalue weighted by molar-refractivity contribution is 6.32. The van der Waals surface area contributed by atoms with Gasteiger partial charge in [0.05, 0.1) is 11.4 Å². The Labute approximate surface area is 136 Å². The number of phenols is 1. The molecule has 116 valence electrons. The van der Waals surface area contributed by atoms with Crippen LogP contribution in [0.5, 0.6) is 5.75 Å². The van der Waals surface area contributed by atoms with E-state index in [2.05, 4.69) is 10.2 Å². The van der Waals surface area contributed by atoms with Crippen molar-refractivity contribution in [1.82, 2.24) is 10.2 Å². The van der Waals surface area contributed by atoms with E-state index in [0.717, 1.165) is 5.56 Å². The Bertz CT molecular complexity index is 861. The van der Waals surface area contributed by atoms with Gasteiger partial charge in [0.25, 0.3) is 0 Å². The molecule has 1 aromatic heterocycles. The number of hydrogen-bond acceptors (Lipinski definition) is 4. The third kappa shape index (κ3) is 3.96. The lowest BCUT2D eigenvalue weighted by molar-refractivity contribution is 0.473. The highest BCUT2D eigenvalue weighted by Gasteiger charge is 2.06. The third-order valence-corrected chi connectivity index (χ3v) is 3.44. The van der Waals surface area contributed by atoms with Crippen molar-refractivity contribution in [3.05, 3.63) is 76.2 Å². The number of aromatic nitrogens is 2. The molecule has 0 bridgehead atoms. The van der Waals surface area contributed by atoms with Gasteiger partial charge < -0.3 is 9.52 Å². The summed E-state index contributed by atoms with van der Waals surface area (Å²) in [6.07, 6.45) is 3.71. The van der Waals surface area contributed by atoms with Crippen LogP contribution >= 0.6 is 11.6 Å². The van der Waals surface area contributed by atoms with Crippen LogP contribution in [-0.2, 0) is 6.42 Å². The van der Waals surface area contributed by atoms with E-state index in [1.165, 1.54) is 12.1 Å². The summed E-state index contributed by atoms with van der Waals surface area (Å²) >= 11 is 5.94. The first-order chi connectivity index (χ1) is 11.1. The van der Waals surface area contributed by atoms with Gasteiger partial charge in [-0.25, -0.2) is 4.39 Å². The van der Waals surface area contributed by atoms with E-state index in [1.54, 1.807) is 36.4 Å². The molecule has 0 fully saturated rings. The maximum Gasteiger partial charge on any atom is 0.240 e. The van der Waals surface area contributed by atoms with Crippen LogP contribution in [-0.4, -0.2) is 15.3 Å². The minimum atomic E-state index is -0.390. The quantitative estimate of drug-likeness (QED) is 0.773. The lowest BCUT2D eigenvalue weighted by Gasteiger charge is -1.97. The van der Waals surface area contributed by atoms with Gasteiger partial charge in [-0.1, -0.05) is 29.8 Å². The van der Waals surface area contributed by atoms with Gasteiger partial charge in [-0.2, -0.15) is 0 Å². The van der Waals surface area contributed by atoms with Gasteiger partial charge in [-0.15, -0.1) is 10.2 Å². The smallest absolute Gasteiger partial charge is 0.240 e. The molecule has 0 radical (unpaired) electrons. The Morgan fingerprint density at radius 1 is 1.13 bits per heavy atom. The zero-order valence-electron chi connectivity index (χ0n) is 11.9. The van der Waals surface area contributed by atoms with Crippen LogP contribution in [0, 0.1) is 5.82 Å². The maximum atomic E-state index is 13.0. The zero-order valence-corrected chi connectivity index (χ0v) is 12.7. The molecule has 1 heterocycles. The van der Waals surface area contributed by atoms with Crippen molar-refractivity contribution in [2.24, 2.45) is 0 Å². The molecule has 0 amide bonds. The van der Waals surface area contributed by atoms with Gasteiger partial charge in [-0.3, -0.25) is 0 Å². The van der Waals surface area contributed by atoms with E-state index in [-0.39, 0.29) is 5.75 Å². The first kappa shape index (κ1) is 15.2. The molecule has 0 saturated carbocycles. The summed E-state index contributed by atoms with van der Waals surface area (Å²) in [4.78, 5) is 0. The molecule has 3 aromatic rings. The molecular formula is C17H12ClFN2O2. The van der Waals surface area contributed by atoms with Crippen LogP contribution in [0.25, 0.3) is 12.2 Å². The number of phenolic OH excluding ortho intramolecular Hbond substituents is 1. The Kier molecular flexibility index (Phi) is 4.39. The largest absolute Gasteiger partial charge is 0.508 e. The molecule has 1 N–H and O–H groups in total. The number of nitrogens with zero attached hydrogens (tertiary/aromatic N) is 2. The molecule has 6 heteroatoms. The Hall–Kier alpha value is -2.66. The number of benzene rings is 2. The van der Waals surface area contributed by atoms with Gasteiger partial charge in [0.1, 0.15) is 11.6 Å². The van der Waals surface area contributed by atoms with Crippen LogP contribution < -0.4 is 0 Å². The van der Waals surface area contributed by atoms with Gasteiger partial charge in [-0.05, 0) is 41.5 Å². The second kappa shape index (κ2) is 6.62. The predicted molar refractivity (Wildman–Crippen MR) is 85.5 cm³/mol. The minimum Gasteiger partial charge on any atom is -0.508 e. The topological polar surface area (TPSA) is 59.2 Å². The fraction of sp³-hybridized carbons (Fsp3) is 0.0588. The maximum absolute atomic E-state index is 13.0. The summed E-state index contributed by atoms with van der Waals surface area (Å²) in [5.41, 5.74) is 1.52. The number of aromatic hydroxyl groups is 1. The second-order valence-corrected chi connectivity index (χ2v) is 5.29. The summed E-state index contributed by atoms with van der Waals surface area (Å²) in [6, 6.07) is 11.0. The van der Waals surface area contributed by atoms with E-state index in [0.29, 0.717) is 28.8 Å². The Balaban J connectivity index is 1.73. The molecule has 0 aliphatic carbocycles. The molecule has 23 heavy (non-hydrogen) atoms. The van der Waals surface area contributed by atoms with Crippen molar-refractivity contribution in [3.63, 3.8) is 0 Å². The summed E-state index contributed by atoms with van der Waals surface area (Å²) in [5, 5.41) is 17.6. The standard InChI is InChI=1S/C17H12ClFN2O2/c18-15-10-13(19)6-4-12(15)5-7-16-20-21-17(23-16)9-11-2-1-3-14(22)8-11/h1-8,10,22H,9H2/b7-5+. The molecular weight excluding hydrogens is 319 g/mol. The summed E-state index contributed by atoms with van der Waals surface area (Å²) in [7, 11) is 0. The summed E-state index contributed by atoms with van der Waals surface area (Å²) in [6.45, 7) is 0. The van der Waals surface area contributed by atoms with E-state index < -0.39 is 5.82 Å². The van der Waals surface area contributed by atoms with Crippen molar-refractivity contribution in [2.45, 2.75) is 6.42 Å². The molecule has 2 aromatic carbocycles. The average Bonchev–Trinajstić information content (AvgIpc) is 2.94. The molecule has 4 nitrogen and oxygen atoms in total. The van der Waals surface area contributed by atoms with Crippen molar-refractivity contribution >= 4 is 23.8 Å². The molecule has 0 spiro atoms. The van der Waals surface area contributed by atoms with Gasteiger partial charge in [0, 0.05) is 6.08 Å². The Morgan fingerprint density at radius 2 is 2.00 bits per heavy atom. The van der Waals surface area contributed by atoms with Crippen molar-refractivity contribution in [1.29, 1.82) is 0 Å². The lowest BCUT2D eigenvalue weighted by atomic mass is 10.1. The lowest BCUT2D eigenvalue weighted by Crippen LogP contribution is -1.87. The highest BCUT2D eigenvalue weighted by atomic mass is 35.5. The average molecular weight is 331 g/mol. The van der Waals surface area contributed by atoms with Crippen molar-refractivity contribution in [2.75, 3.05) is 0 Å². The number of rotatable bonds is 4. The van der Waals surface area contributed by atoms with E-state index in [4.69, 9.17) is 16.0 Å². The van der Waals surface area contributed by atoms with Crippen molar-refractivity contribution in [3.8, 4) is 5.75 Å². The fourth-order valence-electron chi connectivity index (χ4n) is 2.04. The highest BCUT2D eigenvalue weighted by Crippen LogP contribution is 2.20. The summed E-state index contributed by atoms with van der Waals surface area (Å²) in [5.74, 6) is 0.549. The normalized spacial score (nSPS) is 11.2. The Morgan fingerprint density at radius 3 is 2.78 bits per heavy atom. The molecule has 0 aliphatic heterocycles. The van der Waals surface area contributed by atoms with E-state index in [9.17, 15) is 9.50 Å². The van der Waals surface area contributed by atoms with Gasteiger partial charge >= 0.3 is 0 Å². The number of halogens is 2. The first-order valence-corrected chi connectivity index (χ1v) is 7.21. The third-order valence-electron chi connectivity index (χ3n) is 3.12. The van der Waals surface area contributed by atoms with Crippen LogP contribution in [0.4, 0.5) is 4.39 Å². The van der Waals surface area contributed by atoms with Gasteiger partial charge in [0.15, 0.2) is 0 Å². The van der Waals surface area contributed by atoms with Crippen molar-refractivity contribution < 1.29 is 13.9 Å². The van der Waals surface area contributed by atoms with E-state index in [1.807, 2.05) is 6.07 Å². The molecule has 0 atom stereocenters. The number of hydrogen-bond donors (Lipinski definition) is 1. The molecule has 0 aliphatic rings. The first-order valence-electron chi connectivity index (χ1n) is 6.83. The minimum absolute atomic E-state index is 0.188. The summed E-state index contributed by atoms with van der Waals surface area (Å²) < 4.78 is 18.5. The SMILES string of the molecule is Oc1cccc(Cc2nnc(/C=C/c3ccc(F)cc3Cl)o2)c1. The van der Waals surface area contributed by atoms with Crippen LogP contribution in [0.15, 0.2) is 46.9 Å². The molecule has 0 saturated heterocycles. The van der Waals surface area contributed by atoms with Gasteiger partial charge in [0.2, 0.25) is 11.8 Å². The molecule has 3 rings (SSSR count).